The van der Waals surface area contributed by atoms with Crippen molar-refractivity contribution < 1.29 is 34.4 Å². The summed E-state index contributed by atoms with van der Waals surface area (Å²) in [6, 6.07) is 0. The molecule has 2 atom stereocenters. The Morgan fingerprint density at radius 1 is 0.929 bits per heavy atom. The molecule has 7 nitrogen and oxygen atoms in total. The van der Waals surface area contributed by atoms with Crippen LogP contribution in [0.25, 0.3) is 0 Å². The smallest absolute Gasteiger partial charge is 0.337 e. The van der Waals surface area contributed by atoms with Crippen molar-refractivity contribution in [2.24, 2.45) is 0 Å². The monoisotopic (exact) mass is 208 g/mol. The van der Waals surface area contributed by atoms with Gasteiger partial charge in [0.15, 0.2) is 12.2 Å². The standard InChI is InChI=1S/C7H12O7/c1-13-6(11)4(9)3(8)5(10)7(12)14-2/h3-5,8-10H,1-2H3. The first-order valence-electron chi connectivity index (χ1n) is 3.65. The lowest BCUT2D eigenvalue weighted by Crippen LogP contribution is -2.46. The molecule has 0 aliphatic rings. The van der Waals surface area contributed by atoms with E-state index in [9.17, 15) is 9.59 Å². The van der Waals surface area contributed by atoms with Crippen LogP contribution in [0.15, 0.2) is 0 Å². The van der Waals surface area contributed by atoms with Crippen LogP contribution in [0.2, 0.25) is 0 Å². The van der Waals surface area contributed by atoms with Crippen LogP contribution in [0.1, 0.15) is 0 Å². The lowest BCUT2D eigenvalue weighted by molar-refractivity contribution is -0.171. The highest BCUT2D eigenvalue weighted by molar-refractivity contribution is 5.79. The quantitative estimate of drug-likeness (QED) is 0.434. The number of methoxy groups -OCH3 is 2. The number of hydrogen-bond donors (Lipinski definition) is 3. The van der Waals surface area contributed by atoms with Crippen LogP contribution in [0.5, 0.6) is 0 Å². The predicted octanol–water partition coefficient (Wildman–Crippen LogP) is -2.58. The van der Waals surface area contributed by atoms with Gasteiger partial charge in [-0.25, -0.2) is 9.59 Å². The summed E-state index contributed by atoms with van der Waals surface area (Å²) in [6.07, 6.45) is -5.96. The second-order valence-corrected chi connectivity index (χ2v) is 2.43. The molecular formula is C7H12O7. The van der Waals surface area contributed by atoms with Crippen molar-refractivity contribution in [3.05, 3.63) is 0 Å². The maximum atomic E-state index is 10.7. The normalized spacial score (nSPS) is 16.6. The van der Waals surface area contributed by atoms with E-state index in [-0.39, 0.29) is 0 Å². The summed E-state index contributed by atoms with van der Waals surface area (Å²) in [4.78, 5) is 21.3. The molecule has 0 heterocycles. The third kappa shape index (κ3) is 2.95. The predicted molar refractivity (Wildman–Crippen MR) is 42.1 cm³/mol. The van der Waals surface area contributed by atoms with Crippen LogP contribution in [0.4, 0.5) is 0 Å². The molecule has 0 radical (unpaired) electrons. The average molecular weight is 208 g/mol. The minimum absolute atomic E-state index is 0.989. The van der Waals surface area contributed by atoms with Crippen molar-refractivity contribution in [3.63, 3.8) is 0 Å². The van der Waals surface area contributed by atoms with Gasteiger partial charge in [0.2, 0.25) is 0 Å². The Morgan fingerprint density at radius 2 is 1.21 bits per heavy atom. The van der Waals surface area contributed by atoms with Gasteiger partial charge in [-0.15, -0.1) is 0 Å². The molecule has 0 aliphatic heterocycles. The molecule has 82 valence electrons. The molecule has 0 saturated carbocycles. The lowest BCUT2D eigenvalue weighted by atomic mass is 10.1. The fraction of sp³-hybridized carbons (Fsp3) is 0.714. The van der Waals surface area contributed by atoms with Gasteiger partial charge in [-0.1, -0.05) is 0 Å². The highest BCUT2D eigenvalue weighted by Gasteiger charge is 2.35. The third-order valence-electron chi connectivity index (χ3n) is 1.53. The van der Waals surface area contributed by atoms with Gasteiger partial charge in [-0.2, -0.15) is 0 Å². The number of carbonyl (C=O) groups is 2. The molecular weight excluding hydrogens is 196 g/mol. The highest BCUT2D eigenvalue weighted by Crippen LogP contribution is 2.03. The molecule has 0 aromatic heterocycles. The zero-order chi connectivity index (χ0) is 11.3. The van der Waals surface area contributed by atoms with Gasteiger partial charge in [0.1, 0.15) is 6.10 Å². The Morgan fingerprint density at radius 3 is 1.43 bits per heavy atom. The van der Waals surface area contributed by atoms with Crippen LogP contribution in [0, 0.1) is 0 Å². The van der Waals surface area contributed by atoms with Crippen molar-refractivity contribution in [3.8, 4) is 0 Å². The number of aliphatic hydroxyl groups is 3. The van der Waals surface area contributed by atoms with E-state index in [1.165, 1.54) is 0 Å². The van der Waals surface area contributed by atoms with Gasteiger partial charge >= 0.3 is 11.9 Å². The topological polar surface area (TPSA) is 113 Å². The molecule has 0 spiro atoms. The molecule has 7 heteroatoms. The van der Waals surface area contributed by atoms with E-state index in [1.54, 1.807) is 0 Å². The Kier molecular flexibility index (Phi) is 5.06. The van der Waals surface area contributed by atoms with E-state index in [2.05, 4.69) is 9.47 Å². The van der Waals surface area contributed by atoms with Gasteiger partial charge in [0.25, 0.3) is 0 Å². The molecule has 0 saturated heterocycles. The molecule has 2 unspecified atom stereocenters. The summed E-state index contributed by atoms with van der Waals surface area (Å²) < 4.78 is 8.17. The SMILES string of the molecule is COC(=O)C(O)C(O)C(O)C(=O)OC. The van der Waals surface area contributed by atoms with Gasteiger partial charge < -0.3 is 24.8 Å². The largest absolute Gasteiger partial charge is 0.467 e. The Hall–Kier alpha value is -1.18. The van der Waals surface area contributed by atoms with Crippen LogP contribution in [0.3, 0.4) is 0 Å². The number of ether oxygens (including phenoxy) is 2. The maximum Gasteiger partial charge on any atom is 0.337 e. The zero-order valence-corrected chi connectivity index (χ0v) is 7.71. The molecule has 0 amide bonds. The van der Waals surface area contributed by atoms with Crippen molar-refractivity contribution in [1.82, 2.24) is 0 Å². The lowest BCUT2D eigenvalue weighted by Gasteiger charge is -2.18. The van der Waals surface area contributed by atoms with Crippen LogP contribution in [-0.4, -0.2) is 59.8 Å². The fourth-order valence-electron chi connectivity index (χ4n) is 0.693. The van der Waals surface area contributed by atoms with Gasteiger partial charge in [0.05, 0.1) is 14.2 Å². The molecule has 0 rings (SSSR count). The first-order chi connectivity index (χ1) is 6.45. The van der Waals surface area contributed by atoms with E-state index < -0.39 is 30.3 Å². The van der Waals surface area contributed by atoms with E-state index in [0.717, 1.165) is 14.2 Å². The average Bonchev–Trinajstić information content (AvgIpc) is 2.23. The summed E-state index contributed by atoms with van der Waals surface area (Å²) in [5.74, 6) is -2.30. The first kappa shape index (κ1) is 12.8. The van der Waals surface area contributed by atoms with Crippen LogP contribution < -0.4 is 0 Å². The molecule has 0 bridgehead atoms. The van der Waals surface area contributed by atoms with Gasteiger partial charge in [0, 0.05) is 0 Å². The van der Waals surface area contributed by atoms with E-state index in [4.69, 9.17) is 15.3 Å². The molecule has 14 heavy (non-hydrogen) atoms. The Balaban J connectivity index is 4.37. The molecule has 0 aromatic rings. The molecule has 0 fully saturated rings. The minimum Gasteiger partial charge on any atom is -0.467 e. The second kappa shape index (κ2) is 5.53. The first-order valence-corrected chi connectivity index (χ1v) is 3.65. The fourth-order valence-corrected chi connectivity index (χ4v) is 0.693. The van der Waals surface area contributed by atoms with Crippen molar-refractivity contribution in [1.29, 1.82) is 0 Å². The Bertz CT molecular complexity index is 192. The van der Waals surface area contributed by atoms with Crippen LogP contribution in [-0.2, 0) is 19.1 Å². The summed E-state index contributed by atoms with van der Waals surface area (Å²) in [7, 11) is 1.98. The maximum absolute atomic E-state index is 10.7. The second-order valence-electron chi connectivity index (χ2n) is 2.43. The molecule has 0 aromatic carbocycles. The van der Waals surface area contributed by atoms with E-state index >= 15 is 0 Å². The summed E-state index contributed by atoms with van der Waals surface area (Å²) in [5.41, 5.74) is 0. The van der Waals surface area contributed by atoms with Crippen molar-refractivity contribution in [2.45, 2.75) is 18.3 Å². The Labute approximate surface area is 79.9 Å². The molecule has 0 aliphatic carbocycles. The number of esters is 2. The van der Waals surface area contributed by atoms with E-state index in [1.807, 2.05) is 0 Å². The van der Waals surface area contributed by atoms with Gasteiger partial charge in [-0.3, -0.25) is 0 Å². The number of carbonyl (C=O) groups excluding carboxylic acids is 2. The molecule has 3 N–H and O–H groups in total. The number of hydrogen-bond acceptors (Lipinski definition) is 7. The van der Waals surface area contributed by atoms with Gasteiger partial charge in [-0.05, 0) is 0 Å². The number of aliphatic hydroxyl groups excluding tert-OH is 3. The van der Waals surface area contributed by atoms with Crippen LogP contribution >= 0.6 is 0 Å². The summed E-state index contributed by atoms with van der Waals surface area (Å²) in [6.45, 7) is 0. The highest BCUT2D eigenvalue weighted by atomic mass is 16.5. The van der Waals surface area contributed by atoms with E-state index in [0.29, 0.717) is 0 Å². The minimum atomic E-state index is -1.99. The zero-order valence-electron chi connectivity index (χ0n) is 7.71. The van der Waals surface area contributed by atoms with Crippen molar-refractivity contribution >= 4 is 11.9 Å². The van der Waals surface area contributed by atoms with Crippen molar-refractivity contribution in [2.75, 3.05) is 14.2 Å². The summed E-state index contributed by atoms with van der Waals surface area (Å²) >= 11 is 0. The number of rotatable bonds is 4. The third-order valence-corrected chi connectivity index (χ3v) is 1.53. The summed E-state index contributed by atoms with van der Waals surface area (Å²) in [5, 5.41) is 27.1.